The average molecular weight is 191 g/mol. The second-order valence-corrected chi connectivity index (χ2v) is 2.72. The fourth-order valence-electron chi connectivity index (χ4n) is 0.526. The van der Waals surface area contributed by atoms with Gasteiger partial charge in [0.25, 0.3) is 5.69 Å². The van der Waals surface area contributed by atoms with Gasteiger partial charge in [0, 0.05) is 17.0 Å². The molecule has 0 atom stereocenters. The molecule has 0 spiro atoms. The number of hydrogen-bond acceptors (Lipinski definition) is 4. The summed E-state index contributed by atoms with van der Waals surface area (Å²) >= 11 is 0. The molecule has 1 rings (SSSR count). The fourth-order valence-corrected chi connectivity index (χ4v) is 1.01. The van der Waals surface area contributed by atoms with E-state index in [2.05, 4.69) is 4.98 Å². The Morgan fingerprint density at radius 2 is 2.36 bits per heavy atom. The standard InChI is InChI=1S/C5H3ClN2O2S/c6-11-5-2-1-4(3-7-5)8(9)10/h1-3H. The molecule has 0 unspecified atom stereocenters. The highest BCUT2D eigenvalue weighted by molar-refractivity contribution is 8.21. The maximum atomic E-state index is 10.1. The van der Waals surface area contributed by atoms with Crippen LogP contribution in [0.5, 0.6) is 0 Å². The van der Waals surface area contributed by atoms with Crippen LogP contribution in [-0.4, -0.2) is 9.91 Å². The van der Waals surface area contributed by atoms with Crippen LogP contribution >= 0.6 is 21.7 Å². The Labute approximate surface area is 71.2 Å². The normalized spacial score (nSPS) is 9.55. The third-order valence-electron chi connectivity index (χ3n) is 1.01. The minimum atomic E-state index is -0.504. The first-order valence-electron chi connectivity index (χ1n) is 2.63. The lowest BCUT2D eigenvalue weighted by molar-refractivity contribution is -0.385. The van der Waals surface area contributed by atoms with Crippen molar-refractivity contribution in [1.82, 2.24) is 4.98 Å². The molecular weight excluding hydrogens is 188 g/mol. The molecule has 6 heteroatoms. The number of aromatic nitrogens is 1. The summed E-state index contributed by atoms with van der Waals surface area (Å²) in [6.45, 7) is 0. The molecule has 1 heterocycles. The molecule has 0 aliphatic carbocycles. The molecule has 0 saturated carbocycles. The average Bonchev–Trinajstić information content (AvgIpc) is 2.05. The van der Waals surface area contributed by atoms with Gasteiger partial charge >= 0.3 is 0 Å². The van der Waals surface area contributed by atoms with Crippen LogP contribution in [-0.2, 0) is 0 Å². The van der Waals surface area contributed by atoms with Gasteiger partial charge < -0.3 is 0 Å². The van der Waals surface area contributed by atoms with Crippen molar-refractivity contribution in [1.29, 1.82) is 0 Å². The number of nitrogens with zero attached hydrogens (tertiary/aromatic N) is 2. The molecule has 1 aromatic heterocycles. The van der Waals surface area contributed by atoms with E-state index in [1.165, 1.54) is 18.3 Å². The lowest BCUT2D eigenvalue weighted by Gasteiger charge is -1.91. The van der Waals surface area contributed by atoms with Crippen molar-refractivity contribution in [2.24, 2.45) is 0 Å². The molecule has 0 aromatic carbocycles. The maximum absolute atomic E-state index is 10.1. The molecular formula is C5H3ClN2O2S. The third kappa shape index (κ3) is 2.06. The highest BCUT2D eigenvalue weighted by atomic mass is 35.7. The van der Waals surface area contributed by atoms with Crippen LogP contribution in [0, 0.1) is 10.1 Å². The smallest absolute Gasteiger partial charge is 0.258 e. The van der Waals surface area contributed by atoms with Gasteiger partial charge in [-0.25, -0.2) is 4.98 Å². The number of hydrogen-bond donors (Lipinski definition) is 0. The number of halogens is 1. The van der Waals surface area contributed by atoms with Crippen molar-refractivity contribution in [3.63, 3.8) is 0 Å². The highest BCUT2D eigenvalue weighted by Gasteiger charge is 2.04. The predicted molar refractivity (Wildman–Crippen MR) is 42.6 cm³/mol. The van der Waals surface area contributed by atoms with E-state index in [9.17, 15) is 10.1 Å². The van der Waals surface area contributed by atoms with Gasteiger partial charge in [0.2, 0.25) is 0 Å². The van der Waals surface area contributed by atoms with Crippen LogP contribution in [0.3, 0.4) is 0 Å². The summed E-state index contributed by atoms with van der Waals surface area (Å²) in [7, 11) is 6.27. The Morgan fingerprint density at radius 3 is 2.73 bits per heavy atom. The summed E-state index contributed by atoms with van der Waals surface area (Å²) in [5, 5.41) is 10.7. The van der Waals surface area contributed by atoms with Crippen molar-refractivity contribution in [2.75, 3.05) is 0 Å². The second-order valence-electron chi connectivity index (χ2n) is 1.69. The van der Waals surface area contributed by atoms with Crippen LogP contribution in [0.25, 0.3) is 0 Å². The molecule has 0 saturated heterocycles. The largest absolute Gasteiger partial charge is 0.287 e. The van der Waals surface area contributed by atoms with Gasteiger partial charge in [-0.15, -0.1) is 0 Å². The van der Waals surface area contributed by atoms with Crippen molar-refractivity contribution < 1.29 is 4.92 Å². The van der Waals surface area contributed by atoms with E-state index >= 15 is 0 Å². The molecule has 4 nitrogen and oxygen atoms in total. The minimum Gasteiger partial charge on any atom is -0.258 e. The topological polar surface area (TPSA) is 56.0 Å². The molecule has 1 aromatic rings. The quantitative estimate of drug-likeness (QED) is 0.530. The van der Waals surface area contributed by atoms with Crippen molar-refractivity contribution in [3.8, 4) is 0 Å². The van der Waals surface area contributed by atoms with Gasteiger partial charge in [0.05, 0.1) is 4.92 Å². The first-order valence-corrected chi connectivity index (χ1v) is 4.27. The van der Waals surface area contributed by atoms with E-state index in [0.29, 0.717) is 5.03 Å². The molecule has 0 N–H and O–H groups in total. The van der Waals surface area contributed by atoms with Gasteiger partial charge in [-0.1, -0.05) is 0 Å². The number of rotatable bonds is 2. The molecule has 0 aliphatic heterocycles. The first-order chi connectivity index (χ1) is 5.24. The Morgan fingerprint density at radius 1 is 1.64 bits per heavy atom. The fraction of sp³-hybridized carbons (Fsp3) is 0. The van der Waals surface area contributed by atoms with Crippen molar-refractivity contribution in [2.45, 2.75) is 5.03 Å². The van der Waals surface area contributed by atoms with Crippen LogP contribution in [0.2, 0.25) is 0 Å². The predicted octanol–water partition coefficient (Wildman–Crippen LogP) is 2.24. The summed E-state index contributed by atoms with van der Waals surface area (Å²) in [5.74, 6) is 0. The van der Waals surface area contributed by atoms with Crippen molar-refractivity contribution >= 4 is 27.3 Å². The zero-order chi connectivity index (χ0) is 8.27. The van der Waals surface area contributed by atoms with Crippen LogP contribution in [0.1, 0.15) is 0 Å². The number of nitro groups is 1. The zero-order valence-corrected chi connectivity index (χ0v) is 6.80. The Kier molecular flexibility index (Phi) is 2.67. The molecule has 0 bridgehead atoms. The maximum Gasteiger partial charge on any atom is 0.287 e. The van der Waals surface area contributed by atoms with E-state index in [-0.39, 0.29) is 5.69 Å². The monoisotopic (exact) mass is 190 g/mol. The van der Waals surface area contributed by atoms with Crippen LogP contribution in [0.15, 0.2) is 23.4 Å². The summed E-state index contributed by atoms with van der Waals surface area (Å²) < 4.78 is 0. The van der Waals surface area contributed by atoms with Gasteiger partial charge in [-0.05, 0) is 16.7 Å². The highest BCUT2D eigenvalue weighted by Crippen LogP contribution is 2.20. The molecule has 0 radical (unpaired) electrons. The van der Waals surface area contributed by atoms with E-state index in [1.54, 1.807) is 0 Å². The van der Waals surface area contributed by atoms with E-state index in [1.807, 2.05) is 0 Å². The first kappa shape index (κ1) is 8.29. The lowest BCUT2D eigenvalue weighted by atomic mass is 10.4. The van der Waals surface area contributed by atoms with Crippen LogP contribution < -0.4 is 0 Å². The molecule has 58 valence electrons. The minimum absolute atomic E-state index is 0.0283. The Bertz CT molecular complexity index is 264. The Hall–Kier alpha value is -0.810. The third-order valence-corrected chi connectivity index (χ3v) is 1.88. The zero-order valence-electron chi connectivity index (χ0n) is 5.23. The molecule has 0 amide bonds. The van der Waals surface area contributed by atoms with E-state index in [4.69, 9.17) is 10.7 Å². The van der Waals surface area contributed by atoms with Gasteiger partial charge in [0.15, 0.2) is 0 Å². The Balaban J connectivity index is 2.91. The summed E-state index contributed by atoms with van der Waals surface area (Å²) in [6.07, 6.45) is 1.17. The van der Waals surface area contributed by atoms with Crippen LogP contribution in [0.4, 0.5) is 5.69 Å². The molecule has 0 fully saturated rings. The number of pyridine rings is 1. The summed E-state index contributed by atoms with van der Waals surface area (Å²) in [4.78, 5) is 13.3. The van der Waals surface area contributed by atoms with E-state index in [0.717, 1.165) is 11.0 Å². The second kappa shape index (κ2) is 3.54. The SMILES string of the molecule is O=[N+]([O-])c1ccc(SCl)nc1. The van der Waals surface area contributed by atoms with Crippen molar-refractivity contribution in [3.05, 3.63) is 28.4 Å². The molecule has 0 aliphatic rings. The van der Waals surface area contributed by atoms with Gasteiger partial charge in [0.1, 0.15) is 11.2 Å². The van der Waals surface area contributed by atoms with Gasteiger partial charge in [-0.2, -0.15) is 0 Å². The summed E-state index contributed by atoms with van der Waals surface area (Å²) in [6, 6.07) is 2.85. The lowest BCUT2D eigenvalue weighted by Crippen LogP contribution is -1.88. The van der Waals surface area contributed by atoms with E-state index < -0.39 is 4.92 Å². The van der Waals surface area contributed by atoms with Gasteiger partial charge in [-0.3, -0.25) is 10.1 Å². The summed E-state index contributed by atoms with van der Waals surface area (Å²) in [5.41, 5.74) is -0.0283. The molecule has 11 heavy (non-hydrogen) atoms.